The van der Waals surface area contributed by atoms with Gasteiger partial charge in [-0.1, -0.05) is 0 Å². The van der Waals surface area contributed by atoms with E-state index in [0.29, 0.717) is 0 Å². The summed E-state index contributed by atoms with van der Waals surface area (Å²) in [6.45, 7) is 0. The average molecular weight is 233 g/mol. The topological polar surface area (TPSA) is 36.7 Å². The van der Waals surface area contributed by atoms with Crippen molar-refractivity contribution in [1.82, 2.24) is 4.98 Å². The Morgan fingerprint density at radius 3 is 2.67 bits per heavy atom. The van der Waals surface area contributed by atoms with Gasteiger partial charge in [-0.15, -0.1) is 0 Å². The molecule has 0 radical (unpaired) electrons. The van der Waals surface area contributed by atoms with Crippen LogP contribution in [-0.4, -0.2) is 4.98 Å². The molecule has 0 saturated carbocycles. The molecule has 1 heterocycles. The summed E-state index contributed by atoms with van der Waals surface area (Å²) < 4.78 is 24.4. The predicted molar refractivity (Wildman–Crippen MR) is 41.6 cm³/mol. The monoisotopic (exact) mass is 232 g/mol. The van der Waals surface area contributed by atoms with Gasteiger partial charge in [0, 0.05) is 0 Å². The first kappa shape index (κ1) is 9.07. The maximum Gasteiger partial charge on any atom is 0.280 e. The van der Waals surface area contributed by atoms with Crippen LogP contribution in [0.4, 0.5) is 8.78 Å². The van der Waals surface area contributed by atoms with E-state index < -0.39 is 6.43 Å². The normalized spacial score (nSPS) is 9.92. The van der Waals surface area contributed by atoms with E-state index in [0.717, 1.165) is 6.07 Å². The maximum atomic E-state index is 12.1. The molecule has 0 saturated heterocycles. The van der Waals surface area contributed by atoms with Gasteiger partial charge in [-0.3, -0.25) is 0 Å². The fourth-order valence-corrected chi connectivity index (χ4v) is 1.14. The number of rotatable bonds is 1. The van der Waals surface area contributed by atoms with Gasteiger partial charge in [0.25, 0.3) is 6.43 Å². The predicted octanol–water partition coefficient (Wildman–Crippen LogP) is 2.65. The van der Waals surface area contributed by atoms with Gasteiger partial charge in [0.2, 0.25) is 0 Å². The molecule has 1 rings (SSSR count). The number of halogens is 3. The molecule has 0 amide bonds. The van der Waals surface area contributed by atoms with Gasteiger partial charge < -0.3 is 0 Å². The second-order valence-corrected chi connectivity index (χ2v) is 2.83. The van der Waals surface area contributed by atoms with E-state index in [4.69, 9.17) is 5.26 Å². The van der Waals surface area contributed by atoms with Gasteiger partial charge in [-0.2, -0.15) is 5.26 Å². The maximum absolute atomic E-state index is 12.1. The lowest BCUT2D eigenvalue weighted by Gasteiger charge is -1.99. The zero-order valence-electron chi connectivity index (χ0n) is 5.76. The van der Waals surface area contributed by atoms with Crippen LogP contribution in [0.1, 0.15) is 17.7 Å². The Bertz CT molecular complexity index is 333. The smallest absolute Gasteiger partial charge is 0.240 e. The second kappa shape index (κ2) is 3.59. The molecule has 0 bridgehead atoms. The number of nitrogens with zero attached hydrogens (tertiary/aromatic N) is 2. The van der Waals surface area contributed by atoms with Crippen LogP contribution in [0.5, 0.6) is 0 Å². The highest BCUT2D eigenvalue weighted by Crippen LogP contribution is 2.20. The zero-order valence-corrected chi connectivity index (χ0v) is 7.35. The van der Waals surface area contributed by atoms with Gasteiger partial charge in [0.1, 0.15) is 10.3 Å². The van der Waals surface area contributed by atoms with Crippen LogP contribution < -0.4 is 0 Å². The molecule has 2 nitrogen and oxygen atoms in total. The molecule has 12 heavy (non-hydrogen) atoms. The van der Waals surface area contributed by atoms with Crippen LogP contribution in [0.25, 0.3) is 0 Å². The minimum Gasteiger partial charge on any atom is -0.240 e. The SMILES string of the molecule is N#Cc1cc(Br)nc(C(F)F)c1. The van der Waals surface area contributed by atoms with E-state index in [2.05, 4.69) is 20.9 Å². The fourth-order valence-electron chi connectivity index (χ4n) is 0.694. The van der Waals surface area contributed by atoms with Crippen molar-refractivity contribution in [2.45, 2.75) is 6.43 Å². The molecule has 1 aromatic heterocycles. The van der Waals surface area contributed by atoms with Crippen LogP contribution >= 0.6 is 15.9 Å². The molecule has 0 aliphatic carbocycles. The number of hydrogen-bond donors (Lipinski definition) is 0. The number of alkyl halides is 2. The first-order valence-electron chi connectivity index (χ1n) is 2.99. The lowest BCUT2D eigenvalue weighted by atomic mass is 10.2. The van der Waals surface area contributed by atoms with Crippen LogP contribution in [0.2, 0.25) is 0 Å². The van der Waals surface area contributed by atoms with Crippen molar-refractivity contribution in [3.63, 3.8) is 0 Å². The van der Waals surface area contributed by atoms with Crippen LogP contribution in [-0.2, 0) is 0 Å². The number of pyridine rings is 1. The number of hydrogen-bond acceptors (Lipinski definition) is 2. The largest absolute Gasteiger partial charge is 0.280 e. The molecule has 0 spiro atoms. The van der Waals surface area contributed by atoms with Crippen molar-refractivity contribution in [3.8, 4) is 6.07 Å². The highest BCUT2D eigenvalue weighted by atomic mass is 79.9. The Kier molecular flexibility index (Phi) is 2.71. The van der Waals surface area contributed by atoms with Crippen LogP contribution in [0, 0.1) is 11.3 Å². The van der Waals surface area contributed by atoms with Crippen molar-refractivity contribution in [1.29, 1.82) is 5.26 Å². The Labute approximate surface area is 76.0 Å². The average Bonchev–Trinajstić information content (AvgIpc) is 2.03. The van der Waals surface area contributed by atoms with Crippen molar-refractivity contribution in [2.24, 2.45) is 0 Å². The third-order valence-electron chi connectivity index (χ3n) is 1.17. The van der Waals surface area contributed by atoms with Gasteiger partial charge in [0.15, 0.2) is 0 Å². The molecule has 1 aromatic rings. The van der Waals surface area contributed by atoms with E-state index in [-0.39, 0.29) is 15.9 Å². The molecule has 62 valence electrons. The molecule has 0 aliphatic rings. The Hall–Kier alpha value is -1.02. The Morgan fingerprint density at radius 2 is 2.17 bits per heavy atom. The minimum atomic E-state index is -2.64. The summed E-state index contributed by atoms with van der Waals surface area (Å²) in [6, 6.07) is 4.21. The third kappa shape index (κ3) is 1.98. The van der Waals surface area contributed by atoms with E-state index in [1.807, 2.05) is 0 Å². The molecular weight excluding hydrogens is 230 g/mol. The highest BCUT2D eigenvalue weighted by Gasteiger charge is 2.10. The lowest BCUT2D eigenvalue weighted by Crippen LogP contribution is -1.91. The van der Waals surface area contributed by atoms with E-state index >= 15 is 0 Å². The first-order valence-corrected chi connectivity index (χ1v) is 3.78. The molecule has 0 N–H and O–H groups in total. The molecule has 0 aromatic carbocycles. The summed E-state index contributed by atoms with van der Waals surface area (Å²) >= 11 is 2.93. The van der Waals surface area contributed by atoms with Gasteiger partial charge >= 0.3 is 0 Å². The van der Waals surface area contributed by atoms with E-state index in [1.54, 1.807) is 6.07 Å². The second-order valence-electron chi connectivity index (χ2n) is 2.02. The van der Waals surface area contributed by atoms with E-state index in [1.165, 1.54) is 6.07 Å². The van der Waals surface area contributed by atoms with Crippen molar-refractivity contribution >= 4 is 15.9 Å². The Morgan fingerprint density at radius 1 is 1.50 bits per heavy atom. The standard InChI is InChI=1S/C7H3BrF2N2/c8-6-2-4(3-11)1-5(12-6)7(9)10/h1-2,7H. The summed E-state index contributed by atoms with van der Waals surface area (Å²) in [6.07, 6.45) is -2.64. The van der Waals surface area contributed by atoms with E-state index in [9.17, 15) is 8.78 Å². The molecule has 0 atom stereocenters. The van der Waals surface area contributed by atoms with Gasteiger partial charge in [-0.25, -0.2) is 13.8 Å². The van der Waals surface area contributed by atoms with Crippen LogP contribution in [0.3, 0.4) is 0 Å². The highest BCUT2D eigenvalue weighted by molar-refractivity contribution is 9.10. The van der Waals surface area contributed by atoms with Crippen molar-refractivity contribution in [3.05, 3.63) is 28.0 Å². The molecule has 0 aliphatic heterocycles. The minimum absolute atomic E-state index is 0.173. The van der Waals surface area contributed by atoms with Gasteiger partial charge in [0.05, 0.1) is 11.6 Å². The number of aromatic nitrogens is 1. The lowest BCUT2D eigenvalue weighted by molar-refractivity contribution is 0.146. The summed E-state index contributed by atoms with van der Waals surface area (Å²) in [4.78, 5) is 3.50. The fraction of sp³-hybridized carbons (Fsp3) is 0.143. The quantitative estimate of drug-likeness (QED) is 0.699. The van der Waals surface area contributed by atoms with Crippen molar-refractivity contribution < 1.29 is 8.78 Å². The summed E-state index contributed by atoms with van der Waals surface area (Å²) in [5.74, 6) is 0. The summed E-state index contributed by atoms with van der Waals surface area (Å²) in [7, 11) is 0. The molecule has 5 heteroatoms. The zero-order chi connectivity index (χ0) is 9.14. The molecular formula is C7H3BrF2N2. The third-order valence-corrected chi connectivity index (χ3v) is 1.57. The summed E-state index contributed by atoms with van der Waals surface area (Å²) in [5.41, 5.74) is -0.215. The molecule has 0 unspecified atom stereocenters. The van der Waals surface area contributed by atoms with Crippen molar-refractivity contribution in [2.75, 3.05) is 0 Å². The molecule has 0 fully saturated rings. The van der Waals surface area contributed by atoms with Gasteiger partial charge in [-0.05, 0) is 28.1 Å². The van der Waals surface area contributed by atoms with Crippen LogP contribution in [0.15, 0.2) is 16.7 Å². The first-order chi connectivity index (χ1) is 5.63. The Balaban J connectivity index is 3.17. The number of nitriles is 1. The summed E-state index contributed by atoms with van der Waals surface area (Å²) in [5, 5.41) is 8.42.